The van der Waals surface area contributed by atoms with Crippen LogP contribution in [0.25, 0.3) is 10.9 Å². The number of esters is 1. The van der Waals surface area contributed by atoms with Crippen LogP contribution in [-0.4, -0.2) is 18.1 Å². The molecule has 0 aliphatic carbocycles. The van der Waals surface area contributed by atoms with Crippen LogP contribution in [0.3, 0.4) is 0 Å². The number of hydrogen-bond acceptors (Lipinski definition) is 4. The number of ether oxygens (including phenoxy) is 1. The molecule has 0 bridgehead atoms. The highest BCUT2D eigenvalue weighted by molar-refractivity contribution is 6.04. The van der Waals surface area contributed by atoms with E-state index in [4.69, 9.17) is 5.73 Å². The molecule has 0 radical (unpaired) electrons. The van der Waals surface area contributed by atoms with Crippen molar-refractivity contribution in [2.24, 2.45) is 0 Å². The second-order valence-electron chi connectivity index (χ2n) is 3.25. The number of nitrogen functional groups attached to an aromatic ring is 1. The molecule has 1 aromatic carbocycles. The molecule has 4 nitrogen and oxygen atoms in total. The Labute approximate surface area is 90.8 Å². The number of halogens is 1. The molecule has 0 spiro atoms. The number of carbonyl (C=O) groups is 1. The molecule has 16 heavy (non-hydrogen) atoms. The van der Waals surface area contributed by atoms with Crippen molar-refractivity contribution in [3.05, 3.63) is 35.6 Å². The minimum absolute atomic E-state index is 0.194. The Morgan fingerprint density at radius 1 is 1.44 bits per heavy atom. The van der Waals surface area contributed by atoms with E-state index < -0.39 is 11.8 Å². The SMILES string of the molecule is COC(=O)c1cc(N)nc2ccc(F)cc12. The third-order valence-electron chi connectivity index (χ3n) is 2.20. The molecular weight excluding hydrogens is 211 g/mol. The number of carbonyl (C=O) groups excluding carboxylic acids is 1. The second kappa shape index (κ2) is 3.77. The van der Waals surface area contributed by atoms with Gasteiger partial charge in [-0.3, -0.25) is 0 Å². The van der Waals surface area contributed by atoms with E-state index in [0.29, 0.717) is 10.9 Å². The summed E-state index contributed by atoms with van der Waals surface area (Å²) in [4.78, 5) is 15.5. The van der Waals surface area contributed by atoms with E-state index >= 15 is 0 Å². The molecule has 1 aromatic heterocycles. The number of fused-ring (bicyclic) bond motifs is 1. The van der Waals surface area contributed by atoms with Crippen molar-refractivity contribution in [1.82, 2.24) is 4.98 Å². The van der Waals surface area contributed by atoms with Crippen molar-refractivity contribution in [1.29, 1.82) is 0 Å². The number of nitrogens with two attached hydrogens (primary N) is 1. The molecule has 5 heteroatoms. The summed E-state index contributed by atoms with van der Waals surface area (Å²) in [5, 5.41) is 0.390. The molecule has 2 aromatic rings. The molecule has 0 fully saturated rings. The molecular formula is C11H9FN2O2. The topological polar surface area (TPSA) is 65.2 Å². The Morgan fingerprint density at radius 3 is 2.88 bits per heavy atom. The zero-order valence-corrected chi connectivity index (χ0v) is 8.53. The predicted octanol–water partition coefficient (Wildman–Crippen LogP) is 1.74. The lowest BCUT2D eigenvalue weighted by Gasteiger charge is -2.05. The number of hydrogen-bond donors (Lipinski definition) is 1. The Morgan fingerprint density at radius 2 is 2.19 bits per heavy atom. The van der Waals surface area contributed by atoms with Gasteiger partial charge >= 0.3 is 5.97 Å². The Hall–Kier alpha value is -2.17. The van der Waals surface area contributed by atoms with Crippen LogP contribution in [0.2, 0.25) is 0 Å². The fourth-order valence-electron chi connectivity index (χ4n) is 1.50. The van der Waals surface area contributed by atoms with Crippen molar-refractivity contribution >= 4 is 22.7 Å². The molecule has 2 N–H and O–H groups in total. The van der Waals surface area contributed by atoms with Crippen LogP contribution in [0.5, 0.6) is 0 Å². The van der Waals surface area contributed by atoms with Gasteiger partial charge in [0.1, 0.15) is 11.6 Å². The Balaban J connectivity index is 2.79. The number of pyridine rings is 1. The molecule has 0 amide bonds. The lowest BCUT2D eigenvalue weighted by molar-refractivity contribution is 0.0603. The number of nitrogens with zero attached hydrogens (tertiary/aromatic N) is 1. The fourth-order valence-corrected chi connectivity index (χ4v) is 1.50. The summed E-state index contributed by atoms with van der Waals surface area (Å²) < 4.78 is 17.7. The van der Waals surface area contributed by atoms with Crippen LogP contribution >= 0.6 is 0 Å². The van der Waals surface area contributed by atoms with E-state index in [-0.39, 0.29) is 11.4 Å². The smallest absolute Gasteiger partial charge is 0.338 e. The van der Waals surface area contributed by atoms with Crippen LogP contribution in [0.4, 0.5) is 10.2 Å². The van der Waals surface area contributed by atoms with Crippen molar-refractivity contribution in [2.75, 3.05) is 12.8 Å². The number of methoxy groups -OCH3 is 1. The van der Waals surface area contributed by atoms with Crippen LogP contribution in [0, 0.1) is 5.82 Å². The predicted molar refractivity (Wildman–Crippen MR) is 57.5 cm³/mol. The Kier molecular flexibility index (Phi) is 2.44. The summed E-state index contributed by atoms with van der Waals surface area (Å²) in [6.45, 7) is 0. The first-order valence-electron chi connectivity index (χ1n) is 4.56. The number of rotatable bonds is 1. The third kappa shape index (κ3) is 1.67. The summed E-state index contributed by atoms with van der Waals surface area (Å²) >= 11 is 0. The standard InChI is InChI=1S/C11H9FN2O2/c1-16-11(15)8-5-10(13)14-9-3-2-6(12)4-7(8)9/h2-5H,1H3,(H2,13,14). The lowest BCUT2D eigenvalue weighted by atomic mass is 10.1. The zero-order valence-electron chi connectivity index (χ0n) is 8.53. The number of anilines is 1. The monoisotopic (exact) mass is 220 g/mol. The molecule has 2 rings (SSSR count). The highest BCUT2D eigenvalue weighted by Crippen LogP contribution is 2.21. The number of benzene rings is 1. The van der Waals surface area contributed by atoms with Gasteiger partial charge in [-0.2, -0.15) is 0 Å². The average molecular weight is 220 g/mol. The molecule has 0 saturated heterocycles. The molecule has 1 heterocycles. The first kappa shape index (κ1) is 10.4. The van der Waals surface area contributed by atoms with Gasteiger partial charge in [-0.15, -0.1) is 0 Å². The van der Waals surface area contributed by atoms with E-state index in [2.05, 4.69) is 9.72 Å². The fraction of sp³-hybridized carbons (Fsp3) is 0.0909. The van der Waals surface area contributed by atoms with Gasteiger partial charge in [0.15, 0.2) is 0 Å². The summed E-state index contributed by atoms with van der Waals surface area (Å²) in [5.41, 5.74) is 6.22. The maximum absolute atomic E-state index is 13.1. The van der Waals surface area contributed by atoms with E-state index in [1.165, 1.54) is 31.4 Å². The highest BCUT2D eigenvalue weighted by atomic mass is 19.1. The molecule has 0 aliphatic rings. The van der Waals surface area contributed by atoms with Crippen LogP contribution in [0.1, 0.15) is 10.4 Å². The molecule has 0 unspecified atom stereocenters. The van der Waals surface area contributed by atoms with E-state index in [0.717, 1.165) is 0 Å². The van der Waals surface area contributed by atoms with Gasteiger partial charge in [-0.05, 0) is 24.3 Å². The van der Waals surface area contributed by atoms with Gasteiger partial charge in [0.05, 0.1) is 18.2 Å². The van der Waals surface area contributed by atoms with Crippen LogP contribution < -0.4 is 5.73 Å². The van der Waals surface area contributed by atoms with Gasteiger partial charge in [0.2, 0.25) is 0 Å². The molecule has 0 aliphatic heterocycles. The maximum Gasteiger partial charge on any atom is 0.338 e. The first-order valence-corrected chi connectivity index (χ1v) is 4.56. The van der Waals surface area contributed by atoms with Crippen LogP contribution in [-0.2, 0) is 4.74 Å². The molecule has 0 saturated carbocycles. The summed E-state index contributed by atoms with van der Waals surface area (Å²) in [5.74, 6) is -0.812. The van der Waals surface area contributed by atoms with Gasteiger partial charge < -0.3 is 10.5 Å². The van der Waals surface area contributed by atoms with Gasteiger partial charge in [0.25, 0.3) is 0 Å². The van der Waals surface area contributed by atoms with E-state index in [1.807, 2.05) is 0 Å². The second-order valence-corrected chi connectivity index (χ2v) is 3.25. The third-order valence-corrected chi connectivity index (χ3v) is 2.20. The minimum atomic E-state index is -0.565. The Bertz CT molecular complexity index is 569. The summed E-state index contributed by atoms with van der Waals surface area (Å²) in [6.07, 6.45) is 0. The summed E-state index contributed by atoms with van der Waals surface area (Å²) in [7, 11) is 1.25. The van der Waals surface area contributed by atoms with Gasteiger partial charge in [0, 0.05) is 5.39 Å². The molecule has 0 atom stereocenters. The summed E-state index contributed by atoms with van der Waals surface area (Å²) in [6, 6.07) is 5.32. The lowest BCUT2D eigenvalue weighted by Crippen LogP contribution is -2.05. The van der Waals surface area contributed by atoms with E-state index in [9.17, 15) is 9.18 Å². The highest BCUT2D eigenvalue weighted by Gasteiger charge is 2.12. The average Bonchev–Trinajstić information content (AvgIpc) is 2.27. The molecule has 82 valence electrons. The largest absolute Gasteiger partial charge is 0.465 e. The van der Waals surface area contributed by atoms with Crippen molar-refractivity contribution < 1.29 is 13.9 Å². The van der Waals surface area contributed by atoms with Gasteiger partial charge in [-0.25, -0.2) is 14.2 Å². The zero-order chi connectivity index (χ0) is 11.7. The maximum atomic E-state index is 13.1. The van der Waals surface area contributed by atoms with Gasteiger partial charge in [-0.1, -0.05) is 0 Å². The first-order chi connectivity index (χ1) is 7.61. The minimum Gasteiger partial charge on any atom is -0.465 e. The van der Waals surface area contributed by atoms with E-state index in [1.54, 1.807) is 0 Å². The number of aromatic nitrogens is 1. The normalized spacial score (nSPS) is 10.4. The van der Waals surface area contributed by atoms with Crippen molar-refractivity contribution in [2.45, 2.75) is 0 Å². The van der Waals surface area contributed by atoms with Crippen LogP contribution in [0.15, 0.2) is 24.3 Å². The van der Waals surface area contributed by atoms with Crippen molar-refractivity contribution in [3.63, 3.8) is 0 Å². The van der Waals surface area contributed by atoms with Crippen molar-refractivity contribution in [3.8, 4) is 0 Å². The quantitative estimate of drug-likeness (QED) is 0.743.